The lowest BCUT2D eigenvalue weighted by Gasteiger charge is -2.17. The van der Waals surface area contributed by atoms with E-state index in [2.05, 4.69) is 15.9 Å². The summed E-state index contributed by atoms with van der Waals surface area (Å²) in [5.74, 6) is 0.404. The summed E-state index contributed by atoms with van der Waals surface area (Å²) in [5, 5.41) is 11.7. The Morgan fingerprint density at radius 2 is 1.95 bits per heavy atom. The van der Waals surface area contributed by atoms with Gasteiger partial charge in [-0.3, -0.25) is 10.1 Å². The van der Waals surface area contributed by atoms with Gasteiger partial charge in [0, 0.05) is 11.4 Å². The summed E-state index contributed by atoms with van der Waals surface area (Å²) in [6, 6.07) is 5.17. The Morgan fingerprint density at radius 3 is 2.53 bits per heavy atom. The van der Waals surface area contributed by atoms with Gasteiger partial charge in [-0.25, -0.2) is 0 Å². The van der Waals surface area contributed by atoms with Crippen molar-refractivity contribution in [1.29, 1.82) is 0 Å². The van der Waals surface area contributed by atoms with E-state index in [1.807, 2.05) is 6.07 Å². The molecule has 0 bridgehead atoms. The molecule has 0 radical (unpaired) electrons. The summed E-state index contributed by atoms with van der Waals surface area (Å²) in [6.07, 6.45) is 6.90. The van der Waals surface area contributed by atoms with Crippen LogP contribution in [-0.4, -0.2) is 11.0 Å². The van der Waals surface area contributed by atoms with E-state index in [0.717, 1.165) is 31.2 Å². The van der Waals surface area contributed by atoms with Crippen molar-refractivity contribution in [3.05, 3.63) is 33.9 Å². The van der Waals surface area contributed by atoms with Gasteiger partial charge in [-0.1, -0.05) is 34.8 Å². The Hall–Kier alpha value is -1.10. The van der Waals surface area contributed by atoms with Crippen LogP contribution in [0.4, 0.5) is 5.69 Å². The van der Waals surface area contributed by atoms with Gasteiger partial charge in [0.15, 0.2) is 5.75 Å². The second-order valence-electron chi connectivity index (χ2n) is 4.92. The average Bonchev–Trinajstić information content (AvgIpc) is 2.67. The lowest BCUT2D eigenvalue weighted by Crippen LogP contribution is -2.15. The minimum atomic E-state index is -0.363. The van der Waals surface area contributed by atoms with Crippen LogP contribution >= 0.6 is 15.9 Å². The average molecular weight is 328 g/mol. The molecule has 4 nitrogen and oxygen atoms in total. The maximum Gasteiger partial charge on any atom is 0.311 e. The van der Waals surface area contributed by atoms with E-state index in [1.54, 1.807) is 12.1 Å². The quantitative estimate of drug-likeness (QED) is 0.351. The van der Waals surface area contributed by atoms with Crippen molar-refractivity contribution in [2.45, 2.75) is 50.0 Å². The molecule has 1 aliphatic rings. The van der Waals surface area contributed by atoms with Gasteiger partial charge in [-0.05, 0) is 37.3 Å². The Balaban J connectivity index is 2.16. The van der Waals surface area contributed by atoms with Gasteiger partial charge >= 0.3 is 5.69 Å². The van der Waals surface area contributed by atoms with Crippen LogP contribution in [0.2, 0.25) is 0 Å². The van der Waals surface area contributed by atoms with Crippen molar-refractivity contribution >= 4 is 21.6 Å². The Kier molecular flexibility index (Phi) is 5.19. The maximum atomic E-state index is 11.1. The minimum absolute atomic E-state index is 0.0706. The molecule has 0 atom stereocenters. The van der Waals surface area contributed by atoms with E-state index in [4.69, 9.17) is 4.74 Å². The molecule has 0 N–H and O–H groups in total. The predicted octanol–water partition coefficient (Wildman–Crippen LogP) is 4.59. The highest BCUT2D eigenvalue weighted by atomic mass is 79.9. The third kappa shape index (κ3) is 3.93. The number of hydrogen-bond acceptors (Lipinski definition) is 3. The minimum Gasteiger partial charge on any atom is -0.484 e. The number of benzene rings is 1. The van der Waals surface area contributed by atoms with Crippen LogP contribution in [-0.2, 0) is 5.33 Å². The monoisotopic (exact) mass is 327 g/mol. The number of nitro groups is 1. The van der Waals surface area contributed by atoms with E-state index in [0.29, 0.717) is 11.1 Å². The standard InChI is InChI=1S/C14H18BrNO3/c15-10-11-7-8-14(13(9-11)16(17)18)19-12-5-3-1-2-4-6-12/h7-9,12H,1-6,10H2. The summed E-state index contributed by atoms with van der Waals surface area (Å²) in [6.45, 7) is 0. The summed E-state index contributed by atoms with van der Waals surface area (Å²) in [5.41, 5.74) is 0.959. The van der Waals surface area contributed by atoms with Crippen molar-refractivity contribution in [2.24, 2.45) is 0 Å². The molecule has 0 aliphatic heterocycles. The van der Waals surface area contributed by atoms with Gasteiger partial charge in [0.1, 0.15) is 0 Å². The van der Waals surface area contributed by atoms with Gasteiger partial charge in [-0.15, -0.1) is 0 Å². The van der Waals surface area contributed by atoms with Crippen LogP contribution in [0.3, 0.4) is 0 Å². The molecule has 0 amide bonds. The SMILES string of the molecule is O=[N+]([O-])c1cc(CBr)ccc1OC1CCCCCC1. The molecule has 0 aromatic heterocycles. The largest absolute Gasteiger partial charge is 0.484 e. The van der Waals surface area contributed by atoms with E-state index in [9.17, 15) is 10.1 Å². The van der Waals surface area contributed by atoms with Gasteiger partial charge in [-0.2, -0.15) is 0 Å². The first-order valence-corrected chi connectivity index (χ1v) is 7.83. The third-order valence-electron chi connectivity index (χ3n) is 3.47. The molecule has 0 saturated heterocycles. The fraction of sp³-hybridized carbons (Fsp3) is 0.571. The van der Waals surface area contributed by atoms with Crippen LogP contribution in [0.1, 0.15) is 44.1 Å². The van der Waals surface area contributed by atoms with Crippen molar-refractivity contribution in [3.63, 3.8) is 0 Å². The molecule has 1 saturated carbocycles. The fourth-order valence-electron chi connectivity index (χ4n) is 2.43. The lowest BCUT2D eigenvalue weighted by atomic mass is 10.1. The fourth-order valence-corrected chi connectivity index (χ4v) is 2.78. The van der Waals surface area contributed by atoms with Gasteiger partial charge in [0.2, 0.25) is 0 Å². The number of nitro benzene ring substituents is 1. The third-order valence-corrected chi connectivity index (χ3v) is 4.12. The molecule has 1 fully saturated rings. The summed E-state index contributed by atoms with van der Waals surface area (Å²) in [7, 11) is 0. The van der Waals surface area contributed by atoms with E-state index in [-0.39, 0.29) is 16.7 Å². The van der Waals surface area contributed by atoms with Crippen molar-refractivity contribution < 1.29 is 9.66 Å². The van der Waals surface area contributed by atoms with Crippen LogP contribution in [0.25, 0.3) is 0 Å². The first-order valence-electron chi connectivity index (χ1n) is 6.70. The van der Waals surface area contributed by atoms with Crippen LogP contribution < -0.4 is 4.74 Å². The van der Waals surface area contributed by atoms with E-state index < -0.39 is 0 Å². The molecule has 0 heterocycles. The Morgan fingerprint density at radius 1 is 1.26 bits per heavy atom. The highest BCUT2D eigenvalue weighted by Crippen LogP contribution is 2.31. The molecule has 19 heavy (non-hydrogen) atoms. The summed E-state index contributed by atoms with van der Waals surface area (Å²) in [4.78, 5) is 10.7. The highest BCUT2D eigenvalue weighted by Gasteiger charge is 2.20. The second kappa shape index (κ2) is 6.89. The second-order valence-corrected chi connectivity index (χ2v) is 5.48. The molecular weight excluding hydrogens is 310 g/mol. The van der Waals surface area contributed by atoms with Gasteiger partial charge < -0.3 is 4.74 Å². The van der Waals surface area contributed by atoms with Crippen molar-refractivity contribution in [3.8, 4) is 5.75 Å². The molecular formula is C14H18BrNO3. The van der Waals surface area contributed by atoms with Crippen LogP contribution in [0.15, 0.2) is 18.2 Å². The summed E-state index contributed by atoms with van der Waals surface area (Å²) < 4.78 is 5.87. The number of ether oxygens (including phenoxy) is 1. The predicted molar refractivity (Wildman–Crippen MR) is 77.8 cm³/mol. The number of alkyl halides is 1. The molecule has 0 spiro atoms. The van der Waals surface area contributed by atoms with Crippen molar-refractivity contribution in [1.82, 2.24) is 0 Å². The highest BCUT2D eigenvalue weighted by molar-refractivity contribution is 9.08. The van der Waals surface area contributed by atoms with Gasteiger partial charge in [0.05, 0.1) is 11.0 Å². The molecule has 2 rings (SSSR count). The lowest BCUT2D eigenvalue weighted by molar-refractivity contribution is -0.386. The molecule has 1 aliphatic carbocycles. The summed E-state index contributed by atoms with van der Waals surface area (Å²) >= 11 is 3.31. The zero-order chi connectivity index (χ0) is 13.7. The van der Waals surface area contributed by atoms with E-state index in [1.165, 1.54) is 12.8 Å². The molecule has 1 aromatic rings. The number of nitrogens with zero attached hydrogens (tertiary/aromatic N) is 1. The molecule has 104 valence electrons. The van der Waals surface area contributed by atoms with Crippen molar-refractivity contribution in [2.75, 3.05) is 0 Å². The number of hydrogen-bond donors (Lipinski definition) is 0. The maximum absolute atomic E-state index is 11.1. The molecule has 5 heteroatoms. The van der Waals surface area contributed by atoms with E-state index >= 15 is 0 Å². The molecule has 0 unspecified atom stereocenters. The Labute approximate surface area is 121 Å². The normalized spacial score (nSPS) is 16.9. The zero-order valence-electron chi connectivity index (χ0n) is 10.8. The zero-order valence-corrected chi connectivity index (χ0v) is 12.4. The first kappa shape index (κ1) is 14.3. The van der Waals surface area contributed by atoms with Crippen LogP contribution in [0.5, 0.6) is 5.75 Å². The van der Waals surface area contributed by atoms with Crippen LogP contribution in [0, 0.1) is 10.1 Å². The number of rotatable bonds is 4. The first-order chi connectivity index (χ1) is 9.20. The smallest absolute Gasteiger partial charge is 0.311 e. The number of halogens is 1. The molecule has 1 aromatic carbocycles. The van der Waals surface area contributed by atoms with Gasteiger partial charge in [0.25, 0.3) is 0 Å². The topological polar surface area (TPSA) is 52.4 Å². The Bertz CT molecular complexity index is 442.